The lowest BCUT2D eigenvalue weighted by Crippen LogP contribution is -2.48. The number of aryl methyl sites for hydroxylation is 1. The Labute approximate surface area is 107 Å². The lowest BCUT2D eigenvalue weighted by molar-refractivity contribution is -0.129. The molecule has 18 heavy (non-hydrogen) atoms. The number of aliphatic hydroxyl groups excluding tert-OH is 1. The molecule has 0 atom stereocenters. The summed E-state index contributed by atoms with van der Waals surface area (Å²) < 4.78 is 0. The van der Waals surface area contributed by atoms with Crippen LogP contribution in [0.4, 0.5) is 5.82 Å². The van der Waals surface area contributed by atoms with Crippen molar-refractivity contribution in [2.75, 3.05) is 31.1 Å². The number of rotatable bonds is 2. The van der Waals surface area contributed by atoms with Crippen molar-refractivity contribution in [1.29, 1.82) is 0 Å². The third kappa shape index (κ3) is 2.61. The Morgan fingerprint density at radius 3 is 2.50 bits per heavy atom. The van der Waals surface area contributed by atoms with E-state index in [4.69, 9.17) is 5.11 Å². The van der Waals surface area contributed by atoms with Gasteiger partial charge in [0.25, 0.3) is 0 Å². The predicted octanol–water partition coefficient (Wildman–Crippen LogP) is 0.551. The van der Waals surface area contributed by atoms with Crippen LogP contribution < -0.4 is 4.90 Å². The molecule has 1 N–H and O–H groups in total. The Morgan fingerprint density at radius 1 is 1.33 bits per heavy atom. The van der Waals surface area contributed by atoms with E-state index in [2.05, 4.69) is 9.88 Å². The molecule has 2 heterocycles. The summed E-state index contributed by atoms with van der Waals surface area (Å²) in [6.07, 6.45) is 0. The fraction of sp³-hybridized carbons (Fsp3) is 0.538. The number of nitrogens with zero attached hydrogens (tertiary/aromatic N) is 3. The molecular weight excluding hydrogens is 230 g/mol. The van der Waals surface area contributed by atoms with Gasteiger partial charge in [-0.2, -0.15) is 0 Å². The fourth-order valence-corrected chi connectivity index (χ4v) is 2.17. The van der Waals surface area contributed by atoms with E-state index in [0.717, 1.165) is 43.3 Å². The number of carbonyl (C=O) groups excluding carboxylic acids is 1. The maximum Gasteiger partial charge on any atom is 0.219 e. The van der Waals surface area contributed by atoms with Crippen LogP contribution in [0.5, 0.6) is 0 Å². The summed E-state index contributed by atoms with van der Waals surface area (Å²) in [5.74, 6) is 1.06. The molecule has 0 aliphatic carbocycles. The van der Waals surface area contributed by atoms with E-state index in [0.29, 0.717) is 0 Å². The van der Waals surface area contributed by atoms with Gasteiger partial charge in [0.15, 0.2) is 0 Å². The quantitative estimate of drug-likeness (QED) is 0.831. The van der Waals surface area contributed by atoms with Gasteiger partial charge >= 0.3 is 0 Å². The summed E-state index contributed by atoms with van der Waals surface area (Å²) in [5, 5.41) is 9.12. The Morgan fingerprint density at radius 2 is 2.00 bits per heavy atom. The number of amides is 1. The minimum Gasteiger partial charge on any atom is -0.392 e. The Hall–Kier alpha value is -1.62. The molecule has 0 saturated carbocycles. The fourth-order valence-electron chi connectivity index (χ4n) is 2.17. The molecule has 1 aliphatic rings. The van der Waals surface area contributed by atoms with Gasteiger partial charge in [-0.25, -0.2) is 4.98 Å². The van der Waals surface area contributed by atoms with Crippen molar-refractivity contribution in [3.63, 3.8) is 0 Å². The first-order valence-electron chi connectivity index (χ1n) is 6.19. The molecule has 1 fully saturated rings. The molecule has 1 saturated heterocycles. The Balaban J connectivity index is 2.05. The monoisotopic (exact) mass is 249 g/mol. The minimum absolute atomic E-state index is 0.0250. The van der Waals surface area contributed by atoms with Gasteiger partial charge in [0.1, 0.15) is 5.82 Å². The molecule has 1 aromatic heterocycles. The van der Waals surface area contributed by atoms with Crippen molar-refractivity contribution in [2.45, 2.75) is 20.5 Å². The average Bonchev–Trinajstić information content (AvgIpc) is 2.38. The van der Waals surface area contributed by atoms with E-state index in [9.17, 15) is 4.79 Å². The molecule has 0 spiro atoms. The van der Waals surface area contributed by atoms with Crippen LogP contribution in [0.3, 0.4) is 0 Å². The molecular formula is C13H19N3O2. The summed E-state index contributed by atoms with van der Waals surface area (Å²) in [5.41, 5.74) is 1.73. The van der Waals surface area contributed by atoms with Crippen LogP contribution in [0.15, 0.2) is 12.1 Å². The summed E-state index contributed by atoms with van der Waals surface area (Å²) in [6, 6.07) is 3.84. The number of aliphatic hydroxyl groups is 1. The molecule has 1 amide bonds. The number of anilines is 1. The second-order valence-corrected chi connectivity index (χ2v) is 4.57. The Bertz CT molecular complexity index is 440. The average molecular weight is 249 g/mol. The van der Waals surface area contributed by atoms with Crippen molar-refractivity contribution in [3.8, 4) is 0 Å². The van der Waals surface area contributed by atoms with Crippen LogP contribution in [-0.2, 0) is 11.4 Å². The maximum absolute atomic E-state index is 11.2. The smallest absolute Gasteiger partial charge is 0.219 e. The molecule has 0 radical (unpaired) electrons. The number of hydrogen-bond acceptors (Lipinski definition) is 4. The summed E-state index contributed by atoms with van der Waals surface area (Å²) in [4.78, 5) is 19.8. The molecule has 0 unspecified atom stereocenters. The zero-order valence-electron chi connectivity index (χ0n) is 10.9. The molecule has 0 aromatic carbocycles. The molecule has 2 rings (SSSR count). The SMILES string of the molecule is CC(=O)N1CCN(c2ccc(CO)c(C)n2)CC1. The van der Waals surface area contributed by atoms with Crippen LogP contribution in [0.25, 0.3) is 0 Å². The van der Waals surface area contributed by atoms with E-state index < -0.39 is 0 Å². The van der Waals surface area contributed by atoms with E-state index >= 15 is 0 Å². The van der Waals surface area contributed by atoms with Crippen LogP contribution >= 0.6 is 0 Å². The third-order valence-electron chi connectivity index (χ3n) is 3.40. The van der Waals surface area contributed by atoms with E-state index in [-0.39, 0.29) is 12.5 Å². The zero-order chi connectivity index (χ0) is 13.1. The molecule has 5 nitrogen and oxygen atoms in total. The predicted molar refractivity (Wildman–Crippen MR) is 69.4 cm³/mol. The van der Waals surface area contributed by atoms with E-state index in [1.54, 1.807) is 6.92 Å². The van der Waals surface area contributed by atoms with Crippen molar-refractivity contribution in [2.24, 2.45) is 0 Å². The van der Waals surface area contributed by atoms with Gasteiger partial charge in [0, 0.05) is 38.8 Å². The number of pyridine rings is 1. The van der Waals surface area contributed by atoms with Crippen molar-refractivity contribution < 1.29 is 9.90 Å². The number of piperazine rings is 1. The number of aromatic nitrogens is 1. The lowest BCUT2D eigenvalue weighted by Gasteiger charge is -2.35. The second kappa shape index (κ2) is 5.35. The third-order valence-corrected chi connectivity index (χ3v) is 3.40. The second-order valence-electron chi connectivity index (χ2n) is 4.57. The zero-order valence-corrected chi connectivity index (χ0v) is 10.9. The number of carbonyl (C=O) groups is 1. The molecule has 1 aromatic rings. The van der Waals surface area contributed by atoms with Crippen LogP contribution in [0.2, 0.25) is 0 Å². The maximum atomic E-state index is 11.2. The van der Waals surface area contributed by atoms with Crippen LogP contribution in [0.1, 0.15) is 18.2 Å². The van der Waals surface area contributed by atoms with Gasteiger partial charge in [-0.3, -0.25) is 4.79 Å². The van der Waals surface area contributed by atoms with Gasteiger partial charge < -0.3 is 14.9 Å². The highest BCUT2D eigenvalue weighted by Crippen LogP contribution is 2.16. The van der Waals surface area contributed by atoms with Crippen molar-refractivity contribution >= 4 is 11.7 Å². The summed E-state index contributed by atoms with van der Waals surface area (Å²) >= 11 is 0. The van der Waals surface area contributed by atoms with Gasteiger partial charge in [0.2, 0.25) is 5.91 Å². The molecule has 98 valence electrons. The van der Waals surface area contributed by atoms with Gasteiger partial charge in [-0.15, -0.1) is 0 Å². The van der Waals surface area contributed by atoms with E-state index in [1.807, 2.05) is 24.0 Å². The van der Waals surface area contributed by atoms with Crippen molar-refractivity contribution in [3.05, 3.63) is 23.4 Å². The highest BCUT2D eigenvalue weighted by atomic mass is 16.3. The molecule has 5 heteroatoms. The largest absolute Gasteiger partial charge is 0.392 e. The van der Waals surface area contributed by atoms with E-state index in [1.165, 1.54) is 0 Å². The minimum atomic E-state index is 0.0250. The number of hydrogen-bond donors (Lipinski definition) is 1. The van der Waals surface area contributed by atoms with Crippen LogP contribution in [0, 0.1) is 6.92 Å². The van der Waals surface area contributed by atoms with Gasteiger partial charge in [-0.1, -0.05) is 6.07 Å². The first kappa shape index (κ1) is 12.8. The van der Waals surface area contributed by atoms with Gasteiger partial charge in [-0.05, 0) is 18.6 Å². The van der Waals surface area contributed by atoms with Crippen LogP contribution in [-0.4, -0.2) is 47.1 Å². The highest BCUT2D eigenvalue weighted by Gasteiger charge is 2.19. The first-order chi connectivity index (χ1) is 8.61. The normalized spacial score (nSPS) is 15.9. The first-order valence-corrected chi connectivity index (χ1v) is 6.19. The standard InChI is InChI=1S/C13H19N3O2/c1-10-12(9-17)3-4-13(14-10)16-7-5-15(6-8-16)11(2)18/h3-4,17H,5-9H2,1-2H3. The summed E-state index contributed by atoms with van der Waals surface area (Å²) in [6.45, 7) is 6.65. The Kier molecular flexibility index (Phi) is 3.81. The highest BCUT2D eigenvalue weighted by molar-refractivity contribution is 5.73. The topological polar surface area (TPSA) is 56.7 Å². The molecule has 0 bridgehead atoms. The molecule has 1 aliphatic heterocycles. The summed E-state index contributed by atoms with van der Waals surface area (Å²) in [7, 11) is 0. The lowest BCUT2D eigenvalue weighted by atomic mass is 10.2. The van der Waals surface area contributed by atoms with Gasteiger partial charge in [0.05, 0.1) is 6.61 Å². The van der Waals surface area contributed by atoms with Crippen molar-refractivity contribution in [1.82, 2.24) is 9.88 Å².